The quantitative estimate of drug-likeness (QED) is 0.440. The molecule has 1 N–H and O–H groups in total. The molecule has 0 saturated carbocycles. The highest BCUT2D eigenvalue weighted by atomic mass is 19.1. The van der Waals surface area contributed by atoms with Gasteiger partial charge >= 0.3 is 0 Å². The third-order valence-electron chi connectivity index (χ3n) is 6.45. The van der Waals surface area contributed by atoms with Crippen molar-refractivity contribution in [2.45, 2.75) is 53.0 Å². The second-order valence-corrected chi connectivity index (χ2v) is 8.82. The molecule has 3 aromatic rings. The number of fused-ring (bicyclic) bond motifs is 1. The minimum absolute atomic E-state index is 0.0618. The molecular weight excluding hydrogens is 405 g/mol. The van der Waals surface area contributed by atoms with Crippen molar-refractivity contribution in [3.8, 4) is 0 Å². The van der Waals surface area contributed by atoms with E-state index in [4.69, 9.17) is 4.98 Å². The van der Waals surface area contributed by atoms with Gasteiger partial charge in [0.05, 0.1) is 17.6 Å². The third kappa shape index (κ3) is 4.76. The first-order chi connectivity index (χ1) is 15.5. The molecule has 0 bridgehead atoms. The predicted molar refractivity (Wildman–Crippen MR) is 125 cm³/mol. The number of carbonyl (C=O) groups excluding carboxylic acids is 1. The van der Waals surface area contributed by atoms with Gasteiger partial charge in [0.15, 0.2) is 0 Å². The van der Waals surface area contributed by atoms with Crippen LogP contribution < -0.4 is 10.2 Å². The monoisotopic (exact) mass is 437 g/mol. The molecule has 3 heterocycles. The van der Waals surface area contributed by atoms with Crippen molar-refractivity contribution in [3.63, 3.8) is 0 Å². The van der Waals surface area contributed by atoms with Crippen LogP contribution in [0.3, 0.4) is 0 Å². The van der Waals surface area contributed by atoms with Gasteiger partial charge in [-0.3, -0.25) is 4.79 Å². The number of imidazole rings is 1. The fraction of sp³-hybridized carbons (Fsp3) is 0.480. The van der Waals surface area contributed by atoms with E-state index in [2.05, 4.69) is 52.7 Å². The zero-order valence-corrected chi connectivity index (χ0v) is 19.2. The number of pyridine rings is 1. The molecule has 1 aromatic carbocycles. The van der Waals surface area contributed by atoms with Gasteiger partial charge in [-0.25, -0.2) is 9.97 Å². The summed E-state index contributed by atoms with van der Waals surface area (Å²) < 4.78 is 15.5. The average molecular weight is 438 g/mol. The number of aromatic nitrogens is 3. The third-order valence-corrected chi connectivity index (χ3v) is 6.45. The number of amides is 1. The Kier molecular flexibility index (Phi) is 6.72. The number of hydrogen-bond donors (Lipinski definition) is 1. The Bertz CT molecular complexity index is 1080. The first kappa shape index (κ1) is 22.2. The molecule has 7 heteroatoms. The Morgan fingerprint density at radius 3 is 2.62 bits per heavy atom. The number of benzene rings is 1. The minimum atomic E-state index is -0.477. The molecule has 6 nitrogen and oxygen atoms in total. The van der Waals surface area contributed by atoms with Crippen LogP contribution in [0.4, 0.5) is 10.3 Å². The Labute approximate surface area is 188 Å². The maximum atomic E-state index is 13.3. The van der Waals surface area contributed by atoms with Crippen LogP contribution >= 0.6 is 0 Å². The number of rotatable bonds is 7. The number of nitrogens with zero attached hydrogens (tertiary/aromatic N) is 4. The second-order valence-electron chi connectivity index (χ2n) is 8.82. The lowest BCUT2D eigenvalue weighted by molar-refractivity contribution is -0.125. The first-order valence-corrected chi connectivity index (χ1v) is 11.6. The number of hydrogen-bond acceptors (Lipinski definition) is 4. The highest BCUT2D eigenvalue weighted by Crippen LogP contribution is 2.29. The van der Waals surface area contributed by atoms with Crippen molar-refractivity contribution in [2.24, 2.45) is 5.92 Å². The van der Waals surface area contributed by atoms with Crippen LogP contribution in [0.1, 0.15) is 49.3 Å². The van der Waals surface area contributed by atoms with Crippen LogP contribution in [0.5, 0.6) is 0 Å². The molecule has 0 unspecified atom stereocenters. The van der Waals surface area contributed by atoms with Crippen molar-refractivity contribution in [3.05, 3.63) is 53.1 Å². The van der Waals surface area contributed by atoms with Crippen molar-refractivity contribution < 1.29 is 9.18 Å². The molecule has 1 saturated heterocycles. The van der Waals surface area contributed by atoms with Crippen LogP contribution in [-0.2, 0) is 11.3 Å². The lowest BCUT2D eigenvalue weighted by Gasteiger charge is -2.32. The average Bonchev–Trinajstić information content (AvgIpc) is 3.13. The number of anilines is 1. The Morgan fingerprint density at radius 1 is 1.19 bits per heavy atom. The zero-order chi connectivity index (χ0) is 22.7. The number of aryl methyl sites for hydroxylation is 2. The maximum Gasteiger partial charge on any atom is 0.223 e. The summed E-state index contributed by atoms with van der Waals surface area (Å²) in [5.41, 5.74) is 5.37. The highest BCUT2D eigenvalue weighted by molar-refractivity contribution is 5.81. The molecule has 1 aliphatic heterocycles. The molecular formula is C25H32FN5O. The summed E-state index contributed by atoms with van der Waals surface area (Å²) >= 11 is 0. The van der Waals surface area contributed by atoms with Crippen LogP contribution in [-0.4, -0.2) is 40.1 Å². The van der Waals surface area contributed by atoms with Gasteiger partial charge in [0.1, 0.15) is 0 Å². The van der Waals surface area contributed by atoms with E-state index in [1.165, 1.54) is 17.2 Å². The van der Waals surface area contributed by atoms with E-state index >= 15 is 0 Å². The molecule has 170 valence electrons. The van der Waals surface area contributed by atoms with E-state index in [0.29, 0.717) is 6.54 Å². The number of halogens is 1. The standard InChI is InChI=1S/C25H32FN5O/c1-4-5-10-27-24(32)20-8-11-30(12-9-20)25-29-21-13-17(2)18(3)14-22(21)31(25)16-19-6-7-23(26)28-15-19/h6-7,13-15,20H,4-5,8-12,16H2,1-3H3,(H,27,32). The number of nitrogens with one attached hydrogen (secondary N) is 1. The Morgan fingerprint density at radius 2 is 1.94 bits per heavy atom. The molecule has 32 heavy (non-hydrogen) atoms. The fourth-order valence-electron chi connectivity index (χ4n) is 4.32. The Balaban J connectivity index is 1.58. The summed E-state index contributed by atoms with van der Waals surface area (Å²) in [5.74, 6) is 0.663. The first-order valence-electron chi connectivity index (χ1n) is 11.6. The molecule has 0 aliphatic carbocycles. The fourth-order valence-corrected chi connectivity index (χ4v) is 4.32. The smallest absolute Gasteiger partial charge is 0.223 e. The van der Waals surface area contributed by atoms with E-state index in [1.807, 2.05) is 0 Å². The lowest BCUT2D eigenvalue weighted by atomic mass is 9.96. The number of unbranched alkanes of at least 4 members (excludes halogenated alkanes) is 1. The second kappa shape index (κ2) is 9.67. The van der Waals surface area contributed by atoms with Gasteiger partial charge in [-0.15, -0.1) is 0 Å². The van der Waals surface area contributed by atoms with Gasteiger partial charge in [-0.05, 0) is 68.0 Å². The largest absolute Gasteiger partial charge is 0.356 e. The van der Waals surface area contributed by atoms with E-state index in [9.17, 15) is 9.18 Å². The van der Waals surface area contributed by atoms with Gasteiger partial charge in [0.25, 0.3) is 0 Å². The summed E-state index contributed by atoms with van der Waals surface area (Å²) in [6.07, 6.45) is 5.32. The van der Waals surface area contributed by atoms with Gasteiger partial charge in [0, 0.05) is 31.7 Å². The van der Waals surface area contributed by atoms with Crippen LogP contribution in [0.15, 0.2) is 30.5 Å². The van der Waals surface area contributed by atoms with E-state index < -0.39 is 5.95 Å². The molecule has 4 rings (SSSR count). The SMILES string of the molecule is CCCCNC(=O)C1CCN(c2nc3cc(C)c(C)cc3n2Cc2ccc(F)nc2)CC1. The molecule has 0 atom stereocenters. The van der Waals surface area contributed by atoms with Gasteiger partial charge < -0.3 is 14.8 Å². The summed E-state index contributed by atoms with van der Waals surface area (Å²) in [6, 6.07) is 7.46. The van der Waals surface area contributed by atoms with Crippen molar-refractivity contribution in [1.82, 2.24) is 19.9 Å². The minimum Gasteiger partial charge on any atom is -0.356 e. The molecule has 0 spiro atoms. The maximum absolute atomic E-state index is 13.3. The molecule has 0 radical (unpaired) electrons. The van der Waals surface area contributed by atoms with Crippen LogP contribution in [0.2, 0.25) is 0 Å². The lowest BCUT2D eigenvalue weighted by Crippen LogP contribution is -2.41. The molecule has 1 fully saturated rings. The molecule has 1 amide bonds. The van der Waals surface area contributed by atoms with Crippen molar-refractivity contribution >= 4 is 22.9 Å². The summed E-state index contributed by atoms with van der Waals surface area (Å²) in [5, 5.41) is 3.07. The van der Waals surface area contributed by atoms with E-state index in [1.54, 1.807) is 12.3 Å². The van der Waals surface area contributed by atoms with Gasteiger partial charge in [-0.2, -0.15) is 4.39 Å². The zero-order valence-electron chi connectivity index (χ0n) is 19.2. The highest BCUT2D eigenvalue weighted by Gasteiger charge is 2.27. The normalized spacial score (nSPS) is 14.8. The van der Waals surface area contributed by atoms with E-state index in [-0.39, 0.29) is 11.8 Å². The number of piperidine rings is 1. The summed E-state index contributed by atoms with van der Waals surface area (Å²) in [7, 11) is 0. The van der Waals surface area contributed by atoms with Gasteiger partial charge in [0.2, 0.25) is 17.8 Å². The topological polar surface area (TPSA) is 63.1 Å². The van der Waals surface area contributed by atoms with Crippen LogP contribution in [0.25, 0.3) is 11.0 Å². The summed E-state index contributed by atoms with van der Waals surface area (Å²) in [6.45, 7) is 9.23. The van der Waals surface area contributed by atoms with Crippen molar-refractivity contribution in [1.29, 1.82) is 0 Å². The van der Waals surface area contributed by atoms with Crippen LogP contribution in [0, 0.1) is 25.7 Å². The van der Waals surface area contributed by atoms with Gasteiger partial charge in [-0.1, -0.05) is 19.4 Å². The Hall–Kier alpha value is -2.96. The summed E-state index contributed by atoms with van der Waals surface area (Å²) in [4.78, 5) is 23.5. The van der Waals surface area contributed by atoms with E-state index in [0.717, 1.165) is 67.9 Å². The number of carbonyl (C=O) groups is 1. The van der Waals surface area contributed by atoms with Crippen molar-refractivity contribution in [2.75, 3.05) is 24.5 Å². The predicted octanol–water partition coefficient (Wildman–Crippen LogP) is 4.37. The molecule has 1 aliphatic rings. The molecule has 2 aromatic heterocycles.